The van der Waals surface area contributed by atoms with E-state index in [1.807, 2.05) is 0 Å². The maximum absolute atomic E-state index is 12.7. The molecule has 1 atom stereocenters. The molecule has 1 heterocycles. The molecule has 1 aromatic rings. The highest BCUT2D eigenvalue weighted by Gasteiger charge is 2.28. The number of hydrogen-bond acceptors (Lipinski definition) is 5. The van der Waals surface area contributed by atoms with Gasteiger partial charge in [-0.15, -0.1) is 0 Å². The second-order valence-corrected chi connectivity index (χ2v) is 8.49. The van der Waals surface area contributed by atoms with Crippen LogP contribution in [-0.4, -0.2) is 50.3 Å². The highest BCUT2D eigenvalue weighted by molar-refractivity contribution is 7.89. The predicted octanol–water partition coefficient (Wildman–Crippen LogP) is 1.79. The molecule has 144 valence electrons. The van der Waals surface area contributed by atoms with Crippen LogP contribution in [0.3, 0.4) is 0 Å². The second kappa shape index (κ2) is 8.64. The molecule has 8 heteroatoms. The average Bonchev–Trinajstić information content (AvgIpc) is 2.62. The first-order valence-electron chi connectivity index (χ1n) is 8.84. The molecule has 0 aliphatic carbocycles. The van der Waals surface area contributed by atoms with E-state index in [9.17, 15) is 18.0 Å². The molecule has 0 bridgehead atoms. The molecule has 1 aliphatic heterocycles. The van der Waals surface area contributed by atoms with E-state index in [-0.39, 0.29) is 16.4 Å². The van der Waals surface area contributed by atoms with Crippen molar-refractivity contribution in [3.05, 3.63) is 29.8 Å². The third-order valence-corrected chi connectivity index (χ3v) is 6.39. The number of amides is 1. The largest absolute Gasteiger partial charge is 0.449 e. The van der Waals surface area contributed by atoms with Crippen LogP contribution in [0.4, 0.5) is 0 Å². The monoisotopic (exact) mass is 382 g/mol. The minimum atomic E-state index is -3.55. The van der Waals surface area contributed by atoms with Crippen LogP contribution in [0.25, 0.3) is 0 Å². The Hall–Kier alpha value is -1.93. The van der Waals surface area contributed by atoms with E-state index in [4.69, 9.17) is 4.74 Å². The number of rotatable bonds is 6. The summed E-state index contributed by atoms with van der Waals surface area (Å²) in [6.07, 6.45) is 0.782. The van der Waals surface area contributed by atoms with Crippen LogP contribution in [0.1, 0.15) is 44.0 Å². The third-order valence-electron chi connectivity index (χ3n) is 4.47. The average molecular weight is 382 g/mol. The van der Waals surface area contributed by atoms with E-state index in [2.05, 4.69) is 12.2 Å². The standard InChI is InChI=1S/C18H26N2O5S/c1-4-19-17(21)14(3)25-18(22)15-5-7-16(8-6-15)26(23,24)20-11-9-13(2)10-12-20/h5-8,13-14H,4,9-12H2,1-3H3,(H,19,21)/t14-/m0/s1. The number of hydrogen-bond donors (Lipinski definition) is 1. The van der Waals surface area contributed by atoms with Gasteiger partial charge in [0.25, 0.3) is 5.91 Å². The van der Waals surface area contributed by atoms with Crippen LogP contribution in [0.2, 0.25) is 0 Å². The van der Waals surface area contributed by atoms with Crippen molar-refractivity contribution in [2.24, 2.45) is 5.92 Å². The molecule has 2 rings (SSSR count). The van der Waals surface area contributed by atoms with Gasteiger partial charge < -0.3 is 10.1 Å². The molecule has 0 radical (unpaired) electrons. The summed E-state index contributed by atoms with van der Waals surface area (Å²) in [4.78, 5) is 23.9. The van der Waals surface area contributed by atoms with Crippen LogP contribution >= 0.6 is 0 Å². The van der Waals surface area contributed by atoms with E-state index in [1.165, 1.54) is 35.5 Å². The van der Waals surface area contributed by atoms with E-state index >= 15 is 0 Å². The molecule has 1 N–H and O–H groups in total. The molecule has 7 nitrogen and oxygen atoms in total. The molecule has 1 fully saturated rings. The number of carbonyl (C=O) groups is 2. The number of nitrogens with zero attached hydrogens (tertiary/aromatic N) is 1. The van der Waals surface area contributed by atoms with Crippen molar-refractivity contribution in [3.63, 3.8) is 0 Å². The van der Waals surface area contributed by atoms with Gasteiger partial charge in [0.1, 0.15) is 0 Å². The van der Waals surface area contributed by atoms with Gasteiger partial charge in [0.05, 0.1) is 10.5 Å². The molecule has 0 saturated carbocycles. The second-order valence-electron chi connectivity index (χ2n) is 6.55. The van der Waals surface area contributed by atoms with Gasteiger partial charge in [-0.3, -0.25) is 4.79 Å². The van der Waals surface area contributed by atoms with Gasteiger partial charge in [-0.1, -0.05) is 6.92 Å². The first-order chi connectivity index (χ1) is 12.3. The summed E-state index contributed by atoms with van der Waals surface area (Å²) in [7, 11) is -3.55. The Balaban J connectivity index is 2.05. The molecule has 26 heavy (non-hydrogen) atoms. The number of benzene rings is 1. The van der Waals surface area contributed by atoms with Gasteiger partial charge in [-0.2, -0.15) is 4.31 Å². The summed E-state index contributed by atoms with van der Waals surface area (Å²) in [6.45, 7) is 6.84. The predicted molar refractivity (Wildman–Crippen MR) is 97.2 cm³/mol. The normalized spacial score (nSPS) is 17.5. The van der Waals surface area contributed by atoms with E-state index in [0.29, 0.717) is 25.6 Å². The van der Waals surface area contributed by atoms with Crippen LogP contribution in [0, 0.1) is 5.92 Å². The minimum absolute atomic E-state index is 0.153. The zero-order valence-corrected chi connectivity index (χ0v) is 16.2. The lowest BCUT2D eigenvalue weighted by Crippen LogP contribution is -2.37. The number of sulfonamides is 1. The van der Waals surface area contributed by atoms with Crippen molar-refractivity contribution in [1.29, 1.82) is 0 Å². The summed E-state index contributed by atoms with van der Waals surface area (Å²) < 4.78 is 31.9. The van der Waals surface area contributed by atoms with E-state index < -0.39 is 22.1 Å². The summed E-state index contributed by atoms with van der Waals surface area (Å²) in [5, 5.41) is 2.57. The summed E-state index contributed by atoms with van der Waals surface area (Å²) in [6, 6.07) is 5.62. The molecule has 0 spiro atoms. The number of esters is 1. The Kier molecular flexibility index (Phi) is 6.77. The lowest BCUT2D eigenvalue weighted by atomic mass is 10.0. The van der Waals surface area contributed by atoms with Gasteiger partial charge in [-0.05, 0) is 56.9 Å². The molecule has 0 unspecified atom stereocenters. The van der Waals surface area contributed by atoms with Crippen LogP contribution in [0.5, 0.6) is 0 Å². The van der Waals surface area contributed by atoms with Gasteiger partial charge >= 0.3 is 5.97 Å². The lowest BCUT2D eigenvalue weighted by molar-refractivity contribution is -0.128. The Morgan fingerprint density at radius 1 is 1.23 bits per heavy atom. The molecule has 1 saturated heterocycles. The molecule has 1 amide bonds. The number of ether oxygens (including phenoxy) is 1. The summed E-state index contributed by atoms with van der Waals surface area (Å²) >= 11 is 0. The van der Waals surface area contributed by atoms with Crippen molar-refractivity contribution >= 4 is 21.9 Å². The Morgan fingerprint density at radius 2 is 1.81 bits per heavy atom. The van der Waals surface area contributed by atoms with Crippen molar-refractivity contribution in [2.75, 3.05) is 19.6 Å². The fraction of sp³-hybridized carbons (Fsp3) is 0.556. The highest BCUT2D eigenvalue weighted by Crippen LogP contribution is 2.23. The maximum Gasteiger partial charge on any atom is 0.338 e. The zero-order chi connectivity index (χ0) is 19.3. The Bertz CT molecular complexity index is 737. The smallest absolute Gasteiger partial charge is 0.338 e. The number of nitrogens with one attached hydrogen (secondary N) is 1. The SMILES string of the molecule is CCNC(=O)[C@H](C)OC(=O)c1ccc(S(=O)(=O)N2CCC(C)CC2)cc1. The van der Waals surface area contributed by atoms with Crippen molar-refractivity contribution in [1.82, 2.24) is 9.62 Å². The van der Waals surface area contributed by atoms with E-state index in [1.54, 1.807) is 6.92 Å². The zero-order valence-electron chi connectivity index (χ0n) is 15.4. The number of likely N-dealkylation sites (N-methyl/N-ethyl adjacent to an activating group) is 1. The fourth-order valence-electron chi connectivity index (χ4n) is 2.74. The lowest BCUT2D eigenvalue weighted by Gasteiger charge is -2.29. The van der Waals surface area contributed by atoms with Crippen LogP contribution < -0.4 is 5.32 Å². The molecular weight excluding hydrogens is 356 g/mol. The van der Waals surface area contributed by atoms with Gasteiger partial charge in [-0.25, -0.2) is 13.2 Å². The third kappa shape index (κ3) is 4.82. The number of carbonyl (C=O) groups excluding carboxylic acids is 2. The maximum atomic E-state index is 12.7. The highest BCUT2D eigenvalue weighted by atomic mass is 32.2. The van der Waals surface area contributed by atoms with Crippen LogP contribution in [-0.2, 0) is 19.6 Å². The summed E-state index contributed by atoms with van der Waals surface area (Å²) in [5.41, 5.74) is 0.201. The van der Waals surface area contributed by atoms with Crippen molar-refractivity contribution in [3.8, 4) is 0 Å². The topological polar surface area (TPSA) is 92.8 Å². The van der Waals surface area contributed by atoms with Crippen LogP contribution in [0.15, 0.2) is 29.2 Å². The minimum Gasteiger partial charge on any atom is -0.449 e. The van der Waals surface area contributed by atoms with E-state index in [0.717, 1.165) is 12.8 Å². The molecule has 1 aromatic carbocycles. The molecule has 1 aliphatic rings. The van der Waals surface area contributed by atoms with Crippen molar-refractivity contribution < 1.29 is 22.7 Å². The molecular formula is C18H26N2O5S. The number of piperidine rings is 1. The van der Waals surface area contributed by atoms with Gasteiger partial charge in [0.15, 0.2) is 6.10 Å². The first kappa shape index (κ1) is 20.4. The Morgan fingerprint density at radius 3 is 2.35 bits per heavy atom. The quantitative estimate of drug-likeness (QED) is 0.757. The molecule has 0 aromatic heterocycles. The summed E-state index contributed by atoms with van der Waals surface area (Å²) in [5.74, 6) is -0.510. The first-order valence-corrected chi connectivity index (χ1v) is 10.3. The Labute approximate surface area is 154 Å². The fourth-order valence-corrected chi connectivity index (χ4v) is 4.21. The van der Waals surface area contributed by atoms with Gasteiger partial charge in [0, 0.05) is 19.6 Å². The van der Waals surface area contributed by atoms with Gasteiger partial charge in [0.2, 0.25) is 10.0 Å². The van der Waals surface area contributed by atoms with Crippen molar-refractivity contribution in [2.45, 2.75) is 44.6 Å².